The number of aryl methyl sites for hydroxylation is 1. The number of carbonyl (C=O) groups excluding carboxylic acids is 1. The van der Waals surface area contributed by atoms with Crippen LogP contribution in [0.5, 0.6) is 5.75 Å². The average molecular weight is 523 g/mol. The maximum Gasteiger partial charge on any atom is 0.335 e. The minimum atomic E-state index is -0.608. The number of aliphatic hydroxyl groups is 1. The summed E-state index contributed by atoms with van der Waals surface area (Å²) in [5.74, 6) is 0.891. The molecule has 0 saturated carbocycles. The molecule has 2 aromatic carbocycles. The Morgan fingerprint density at radius 2 is 1.78 bits per heavy atom. The van der Waals surface area contributed by atoms with Crippen molar-refractivity contribution < 1.29 is 24.1 Å². The van der Waals surface area contributed by atoms with E-state index in [1.54, 1.807) is 18.3 Å². The van der Waals surface area contributed by atoms with Crippen LogP contribution in [0.3, 0.4) is 0 Å². The molecule has 9 nitrogen and oxygen atoms in total. The topological polar surface area (TPSA) is 109 Å². The van der Waals surface area contributed by atoms with Crippen molar-refractivity contribution >= 4 is 17.3 Å². The van der Waals surface area contributed by atoms with Gasteiger partial charge < -0.3 is 19.3 Å². The number of aromatic nitrogens is 4. The van der Waals surface area contributed by atoms with Gasteiger partial charge in [-0.1, -0.05) is 36.4 Å². The largest absolute Gasteiger partial charge is 0.488 e. The van der Waals surface area contributed by atoms with Crippen molar-refractivity contribution in [3.63, 3.8) is 0 Å². The van der Waals surface area contributed by atoms with Crippen LogP contribution in [-0.4, -0.2) is 50.6 Å². The number of esters is 1. The summed E-state index contributed by atoms with van der Waals surface area (Å²) in [6.07, 6.45) is -0.154. The standard InChI is InChI=1S/C27H30N4O5S/c1-4-34-23(27(33)35-5-2)15-19-6-12-22(13-7-19)36-16-25-18(3)14-24(37-25)20-8-10-21(11-9-20)26-28-30-31(17-32)29-26/h6-14,23,32H,4-5,15-17H2,1-3H3. The minimum absolute atomic E-state index is 0.307. The number of benzene rings is 2. The van der Waals surface area contributed by atoms with E-state index in [2.05, 4.69) is 28.4 Å². The van der Waals surface area contributed by atoms with Crippen LogP contribution in [0.25, 0.3) is 21.8 Å². The van der Waals surface area contributed by atoms with E-state index < -0.39 is 6.10 Å². The summed E-state index contributed by atoms with van der Waals surface area (Å²) in [5, 5.41) is 21.0. The zero-order chi connectivity index (χ0) is 26.2. The van der Waals surface area contributed by atoms with Crippen LogP contribution in [0.4, 0.5) is 0 Å². The second-order valence-corrected chi connectivity index (χ2v) is 9.39. The predicted molar refractivity (Wildman–Crippen MR) is 140 cm³/mol. The minimum Gasteiger partial charge on any atom is -0.488 e. The molecule has 0 spiro atoms. The van der Waals surface area contributed by atoms with E-state index in [1.165, 1.54) is 5.56 Å². The third-order valence-electron chi connectivity index (χ3n) is 5.66. The van der Waals surface area contributed by atoms with E-state index in [0.717, 1.165) is 37.0 Å². The number of thiophene rings is 1. The smallest absolute Gasteiger partial charge is 0.335 e. The first-order valence-corrected chi connectivity index (χ1v) is 12.9. The number of hydrogen-bond acceptors (Lipinski definition) is 9. The van der Waals surface area contributed by atoms with Gasteiger partial charge in [0.2, 0.25) is 5.82 Å². The first-order chi connectivity index (χ1) is 18.0. The number of carbonyl (C=O) groups is 1. The van der Waals surface area contributed by atoms with Crippen LogP contribution in [0.1, 0.15) is 29.9 Å². The highest BCUT2D eigenvalue weighted by Crippen LogP contribution is 2.33. The monoisotopic (exact) mass is 522 g/mol. The Labute approximate surface area is 219 Å². The zero-order valence-corrected chi connectivity index (χ0v) is 21.9. The number of tetrazole rings is 1. The van der Waals surface area contributed by atoms with E-state index in [1.807, 2.05) is 55.5 Å². The van der Waals surface area contributed by atoms with Gasteiger partial charge in [-0.3, -0.25) is 0 Å². The Kier molecular flexibility index (Phi) is 8.99. The van der Waals surface area contributed by atoms with Gasteiger partial charge in [-0.25, -0.2) is 4.79 Å². The number of ether oxygens (including phenoxy) is 3. The third kappa shape index (κ3) is 6.79. The van der Waals surface area contributed by atoms with Crippen LogP contribution >= 0.6 is 11.3 Å². The molecule has 194 valence electrons. The summed E-state index contributed by atoms with van der Waals surface area (Å²) in [6.45, 7) is 6.66. The Morgan fingerprint density at radius 3 is 2.43 bits per heavy atom. The van der Waals surface area contributed by atoms with E-state index in [9.17, 15) is 4.79 Å². The molecule has 0 aliphatic heterocycles. The van der Waals surface area contributed by atoms with E-state index >= 15 is 0 Å². The molecular weight excluding hydrogens is 492 g/mol. The first-order valence-electron chi connectivity index (χ1n) is 12.1. The summed E-state index contributed by atoms with van der Waals surface area (Å²) in [5.41, 5.74) is 4.07. The Hall–Kier alpha value is -3.60. The Bertz CT molecular complexity index is 1300. The van der Waals surface area contributed by atoms with Crippen molar-refractivity contribution in [2.24, 2.45) is 0 Å². The fourth-order valence-corrected chi connectivity index (χ4v) is 4.83. The molecule has 37 heavy (non-hydrogen) atoms. The first kappa shape index (κ1) is 26.5. The van der Waals surface area contributed by atoms with Crippen molar-refractivity contribution in [3.05, 3.63) is 70.6 Å². The molecular formula is C27H30N4O5S. The SMILES string of the molecule is CCOC(=O)C(Cc1ccc(OCc2sc(-c3ccc(-c4nnn(CO)n4)cc3)cc2C)cc1)OCC. The van der Waals surface area contributed by atoms with Crippen LogP contribution in [-0.2, 0) is 34.0 Å². The summed E-state index contributed by atoms with van der Waals surface area (Å²) >= 11 is 1.69. The van der Waals surface area contributed by atoms with Gasteiger partial charge >= 0.3 is 5.97 Å². The van der Waals surface area contributed by atoms with Gasteiger partial charge in [0, 0.05) is 28.3 Å². The second kappa shape index (κ2) is 12.6. The Morgan fingerprint density at radius 1 is 1.05 bits per heavy atom. The van der Waals surface area contributed by atoms with Gasteiger partial charge in [0.15, 0.2) is 12.8 Å². The number of rotatable bonds is 12. The van der Waals surface area contributed by atoms with Crippen LogP contribution in [0, 0.1) is 6.92 Å². The number of hydrogen-bond donors (Lipinski definition) is 1. The van der Waals surface area contributed by atoms with Gasteiger partial charge in [-0.05, 0) is 60.9 Å². The summed E-state index contributed by atoms with van der Waals surface area (Å²) < 4.78 is 16.7. The summed E-state index contributed by atoms with van der Waals surface area (Å²) in [7, 11) is 0. The summed E-state index contributed by atoms with van der Waals surface area (Å²) in [6, 6.07) is 17.8. The van der Waals surface area contributed by atoms with E-state index in [4.69, 9.17) is 19.3 Å². The molecule has 2 heterocycles. The molecule has 0 aliphatic rings. The van der Waals surface area contributed by atoms with E-state index in [0.29, 0.717) is 32.1 Å². The van der Waals surface area contributed by atoms with Gasteiger partial charge in [-0.15, -0.1) is 26.3 Å². The molecule has 1 N–H and O–H groups in total. The van der Waals surface area contributed by atoms with E-state index in [-0.39, 0.29) is 12.7 Å². The number of aliphatic hydroxyl groups excluding tert-OH is 1. The molecule has 2 aromatic heterocycles. The quantitative estimate of drug-likeness (QED) is 0.273. The van der Waals surface area contributed by atoms with Crippen molar-refractivity contribution in [2.75, 3.05) is 13.2 Å². The lowest BCUT2D eigenvalue weighted by molar-refractivity contribution is -0.156. The second-order valence-electron chi connectivity index (χ2n) is 8.25. The normalized spacial score (nSPS) is 11.9. The third-order valence-corrected chi connectivity index (χ3v) is 6.92. The molecule has 4 rings (SSSR count). The van der Waals surface area contributed by atoms with Crippen LogP contribution in [0.2, 0.25) is 0 Å². The molecule has 0 amide bonds. The molecule has 0 radical (unpaired) electrons. The lowest BCUT2D eigenvalue weighted by Gasteiger charge is -2.15. The molecule has 0 bridgehead atoms. The van der Waals surface area contributed by atoms with Gasteiger partial charge in [0.05, 0.1) is 6.61 Å². The highest BCUT2D eigenvalue weighted by atomic mass is 32.1. The van der Waals surface area contributed by atoms with Gasteiger partial charge in [0.25, 0.3) is 0 Å². The van der Waals surface area contributed by atoms with Crippen molar-refractivity contribution in [3.8, 4) is 27.6 Å². The Balaban J connectivity index is 1.36. The molecule has 1 atom stereocenters. The lowest BCUT2D eigenvalue weighted by Crippen LogP contribution is -2.28. The highest BCUT2D eigenvalue weighted by molar-refractivity contribution is 7.15. The molecule has 0 saturated heterocycles. The molecule has 0 aliphatic carbocycles. The molecule has 0 fully saturated rings. The fraction of sp³-hybridized carbons (Fsp3) is 0.333. The zero-order valence-electron chi connectivity index (χ0n) is 21.1. The lowest BCUT2D eigenvalue weighted by atomic mass is 10.1. The maximum atomic E-state index is 12.1. The number of nitrogens with zero attached hydrogens (tertiary/aromatic N) is 4. The summed E-state index contributed by atoms with van der Waals surface area (Å²) in [4.78, 5) is 15.5. The van der Waals surface area contributed by atoms with Crippen molar-refractivity contribution in [2.45, 2.75) is 46.6 Å². The molecule has 10 heteroatoms. The predicted octanol–water partition coefficient (Wildman–Crippen LogP) is 4.42. The van der Waals surface area contributed by atoms with Crippen LogP contribution in [0.15, 0.2) is 54.6 Å². The average Bonchev–Trinajstić information content (AvgIpc) is 3.55. The molecule has 1 unspecified atom stereocenters. The molecule has 4 aromatic rings. The van der Waals surface area contributed by atoms with Crippen molar-refractivity contribution in [1.29, 1.82) is 0 Å². The van der Waals surface area contributed by atoms with Crippen molar-refractivity contribution in [1.82, 2.24) is 20.2 Å². The maximum absolute atomic E-state index is 12.1. The highest BCUT2D eigenvalue weighted by Gasteiger charge is 2.20. The van der Waals surface area contributed by atoms with Gasteiger partial charge in [0.1, 0.15) is 12.4 Å². The fourth-order valence-electron chi connectivity index (χ4n) is 3.74. The van der Waals surface area contributed by atoms with Crippen LogP contribution < -0.4 is 4.74 Å². The van der Waals surface area contributed by atoms with Gasteiger partial charge in [-0.2, -0.15) is 0 Å².